The molecule has 1 aromatic carbocycles. The normalized spacial score (nSPS) is 10.8. The lowest BCUT2D eigenvalue weighted by Crippen LogP contribution is -2.32. The zero-order valence-corrected chi connectivity index (χ0v) is 10.9. The van der Waals surface area contributed by atoms with Crippen molar-refractivity contribution in [1.82, 2.24) is 4.31 Å². The first kappa shape index (κ1) is 15.4. The first-order valence-electron chi connectivity index (χ1n) is 5.13. The number of hydrogen-bond acceptors (Lipinski definition) is 7. The standard InChI is InChI=1S/C10H9N5O4S/c11-4-6-14(7-5-12)20(18,19)9-3-1-2-8(13)10(9)15(16)17/h1-3H,6-7,13H2. The number of nitro groups is 1. The number of hydrogen-bond donors (Lipinski definition) is 1. The number of rotatable bonds is 5. The van der Waals surface area contributed by atoms with Crippen molar-refractivity contribution < 1.29 is 13.3 Å². The summed E-state index contributed by atoms with van der Waals surface area (Å²) in [4.78, 5) is 9.38. The molecule has 10 heteroatoms. The molecule has 104 valence electrons. The highest BCUT2D eigenvalue weighted by Crippen LogP contribution is 2.31. The molecule has 2 N–H and O–H groups in total. The summed E-state index contributed by atoms with van der Waals surface area (Å²) in [6.45, 7) is -1.19. The highest BCUT2D eigenvalue weighted by atomic mass is 32.2. The maximum atomic E-state index is 12.3. The molecule has 0 fully saturated rings. The van der Waals surface area contributed by atoms with Crippen LogP contribution in [0.5, 0.6) is 0 Å². The van der Waals surface area contributed by atoms with Gasteiger partial charge in [0.05, 0.1) is 17.1 Å². The minimum Gasteiger partial charge on any atom is -0.393 e. The number of para-hydroxylation sites is 1. The van der Waals surface area contributed by atoms with E-state index in [2.05, 4.69) is 0 Å². The highest BCUT2D eigenvalue weighted by molar-refractivity contribution is 7.89. The van der Waals surface area contributed by atoms with Crippen LogP contribution in [0.2, 0.25) is 0 Å². The molecule has 9 nitrogen and oxygen atoms in total. The van der Waals surface area contributed by atoms with Crippen LogP contribution in [0.25, 0.3) is 0 Å². The molecule has 0 unspecified atom stereocenters. The van der Waals surface area contributed by atoms with E-state index in [0.717, 1.165) is 6.07 Å². The third-order valence-corrected chi connectivity index (χ3v) is 4.15. The van der Waals surface area contributed by atoms with Gasteiger partial charge in [0, 0.05) is 0 Å². The second-order valence-electron chi connectivity index (χ2n) is 3.54. The number of nitrogen functional groups attached to an aromatic ring is 1. The van der Waals surface area contributed by atoms with Crippen molar-refractivity contribution in [3.63, 3.8) is 0 Å². The van der Waals surface area contributed by atoms with Gasteiger partial charge in [-0.25, -0.2) is 8.42 Å². The SMILES string of the molecule is N#CCN(CC#N)S(=O)(=O)c1cccc(N)c1[N+](=O)[O-]. The number of nitrogens with zero attached hydrogens (tertiary/aromatic N) is 4. The summed E-state index contributed by atoms with van der Waals surface area (Å²) in [5.74, 6) is 0. The Morgan fingerprint density at radius 1 is 1.30 bits per heavy atom. The maximum absolute atomic E-state index is 12.3. The van der Waals surface area contributed by atoms with E-state index in [9.17, 15) is 18.5 Å². The van der Waals surface area contributed by atoms with Crippen molar-refractivity contribution in [2.75, 3.05) is 18.8 Å². The fourth-order valence-corrected chi connectivity index (χ4v) is 2.89. The summed E-state index contributed by atoms with van der Waals surface area (Å²) in [6, 6.07) is 6.61. The lowest BCUT2D eigenvalue weighted by Gasteiger charge is -2.16. The predicted octanol–water partition coefficient (Wildman–Crippen LogP) is 0.215. The van der Waals surface area contributed by atoms with Gasteiger partial charge >= 0.3 is 5.69 Å². The van der Waals surface area contributed by atoms with Crippen LogP contribution in [-0.2, 0) is 10.0 Å². The molecule has 1 rings (SSSR count). The molecular formula is C10H9N5O4S. The van der Waals surface area contributed by atoms with Gasteiger partial charge in [0.15, 0.2) is 4.90 Å². The quantitative estimate of drug-likeness (QED) is 0.352. The monoisotopic (exact) mass is 295 g/mol. The smallest absolute Gasteiger partial charge is 0.312 e. The highest BCUT2D eigenvalue weighted by Gasteiger charge is 2.33. The van der Waals surface area contributed by atoms with E-state index in [1.54, 1.807) is 12.1 Å². The van der Waals surface area contributed by atoms with Crippen molar-refractivity contribution >= 4 is 21.4 Å². The second-order valence-corrected chi connectivity index (χ2v) is 5.45. The summed E-state index contributed by atoms with van der Waals surface area (Å²) in [7, 11) is -4.36. The molecule has 0 aliphatic rings. The predicted molar refractivity (Wildman–Crippen MR) is 67.5 cm³/mol. The average Bonchev–Trinajstić information content (AvgIpc) is 2.37. The molecule has 1 aromatic rings. The van der Waals surface area contributed by atoms with E-state index >= 15 is 0 Å². The Morgan fingerprint density at radius 2 is 1.85 bits per heavy atom. The Balaban J connectivity index is 3.51. The van der Waals surface area contributed by atoms with Crippen LogP contribution >= 0.6 is 0 Å². The summed E-state index contributed by atoms with van der Waals surface area (Å²) >= 11 is 0. The van der Waals surface area contributed by atoms with Gasteiger partial charge in [-0.05, 0) is 12.1 Å². The first-order valence-corrected chi connectivity index (χ1v) is 6.57. The fourth-order valence-electron chi connectivity index (χ4n) is 1.47. The van der Waals surface area contributed by atoms with Crippen molar-refractivity contribution in [2.45, 2.75) is 4.90 Å². The Bertz CT molecular complexity index is 700. The second kappa shape index (κ2) is 5.97. The van der Waals surface area contributed by atoms with Gasteiger partial charge in [-0.15, -0.1) is 0 Å². The van der Waals surface area contributed by atoms with Crippen LogP contribution in [0.3, 0.4) is 0 Å². The van der Waals surface area contributed by atoms with Gasteiger partial charge in [0.1, 0.15) is 18.8 Å². The molecule has 0 heterocycles. The van der Waals surface area contributed by atoms with Crippen LogP contribution in [-0.4, -0.2) is 30.7 Å². The number of benzene rings is 1. The topological polar surface area (TPSA) is 154 Å². The number of nitrogens with two attached hydrogens (primary N) is 1. The largest absolute Gasteiger partial charge is 0.393 e. The molecule has 0 spiro atoms. The molecular weight excluding hydrogens is 286 g/mol. The van der Waals surface area contributed by atoms with Crippen molar-refractivity contribution in [3.05, 3.63) is 28.3 Å². The minimum absolute atomic E-state index is 0.315. The van der Waals surface area contributed by atoms with E-state index in [1.807, 2.05) is 0 Å². The van der Waals surface area contributed by atoms with E-state index in [-0.39, 0.29) is 5.69 Å². The van der Waals surface area contributed by atoms with Crippen LogP contribution in [0.1, 0.15) is 0 Å². The number of nitriles is 2. The summed E-state index contributed by atoms with van der Waals surface area (Å²) < 4.78 is 25.0. The van der Waals surface area contributed by atoms with Gasteiger partial charge in [0.2, 0.25) is 0 Å². The molecule has 0 radical (unpaired) electrons. The molecule has 0 saturated carbocycles. The Hall–Kier alpha value is -2.69. The zero-order valence-electron chi connectivity index (χ0n) is 10.1. The van der Waals surface area contributed by atoms with Crippen LogP contribution in [0, 0.1) is 32.8 Å². The van der Waals surface area contributed by atoms with E-state index < -0.39 is 38.6 Å². The lowest BCUT2D eigenvalue weighted by molar-refractivity contribution is -0.386. The minimum atomic E-state index is -4.36. The average molecular weight is 295 g/mol. The van der Waals surface area contributed by atoms with Crippen molar-refractivity contribution in [2.24, 2.45) is 0 Å². The fraction of sp³-hybridized carbons (Fsp3) is 0.200. The zero-order chi connectivity index (χ0) is 15.3. The molecule has 20 heavy (non-hydrogen) atoms. The van der Waals surface area contributed by atoms with E-state index in [0.29, 0.717) is 4.31 Å². The molecule has 0 aromatic heterocycles. The van der Waals surface area contributed by atoms with Crippen molar-refractivity contribution in [1.29, 1.82) is 10.5 Å². The van der Waals surface area contributed by atoms with Crippen LogP contribution in [0.4, 0.5) is 11.4 Å². The van der Waals surface area contributed by atoms with Gasteiger partial charge in [-0.3, -0.25) is 10.1 Å². The number of anilines is 1. The summed E-state index contributed by atoms with van der Waals surface area (Å²) in [5.41, 5.74) is 4.33. The maximum Gasteiger partial charge on any atom is 0.312 e. The molecule has 0 atom stereocenters. The van der Waals surface area contributed by atoms with Gasteiger partial charge in [0.25, 0.3) is 10.0 Å². The Kier molecular flexibility index (Phi) is 4.59. The Labute approximate surface area is 114 Å². The summed E-state index contributed by atoms with van der Waals surface area (Å²) in [6.07, 6.45) is 0. The number of sulfonamides is 1. The molecule has 0 bridgehead atoms. The molecule has 0 aliphatic heterocycles. The molecule has 0 saturated heterocycles. The third kappa shape index (κ3) is 2.83. The van der Waals surface area contributed by atoms with Gasteiger partial charge < -0.3 is 5.73 Å². The number of nitro benzene ring substituents is 1. The van der Waals surface area contributed by atoms with Gasteiger partial charge in [-0.1, -0.05) is 6.07 Å². The van der Waals surface area contributed by atoms with Crippen LogP contribution in [0.15, 0.2) is 23.1 Å². The summed E-state index contributed by atoms with van der Waals surface area (Å²) in [5, 5.41) is 28.1. The molecule has 0 aliphatic carbocycles. The Morgan fingerprint density at radius 3 is 2.30 bits per heavy atom. The molecule has 0 amide bonds. The van der Waals surface area contributed by atoms with Crippen LogP contribution < -0.4 is 5.73 Å². The third-order valence-electron chi connectivity index (χ3n) is 2.32. The van der Waals surface area contributed by atoms with Gasteiger partial charge in [-0.2, -0.15) is 14.8 Å². The van der Waals surface area contributed by atoms with E-state index in [4.69, 9.17) is 16.3 Å². The first-order chi connectivity index (χ1) is 9.36. The lowest BCUT2D eigenvalue weighted by atomic mass is 10.3. The van der Waals surface area contributed by atoms with Crippen molar-refractivity contribution in [3.8, 4) is 12.1 Å². The van der Waals surface area contributed by atoms with E-state index in [1.165, 1.54) is 12.1 Å².